The van der Waals surface area contributed by atoms with Crippen molar-refractivity contribution in [1.29, 1.82) is 0 Å². The Balaban J connectivity index is 1.92. The molecule has 0 saturated carbocycles. The highest BCUT2D eigenvalue weighted by Crippen LogP contribution is 2.27. The first-order valence-corrected chi connectivity index (χ1v) is 10.2. The summed E-state index contributed by atoms with van der Waals surface area (Å²) in [5.74, 6) is 0.600. The van der Waals surface area contributed by atoms with E-state index in [0.717, 1.165) is 21.0 Å². The van der Waals surface area contributed by atoms with Crippen LogP contribution in [0.3, 0.4) is 0 Å². The summed E-state index contributed by atoms with van der Waals surface area (Å²) in [5, 5.41) is 2.21. The molecule has 0 atom stereocenters. The summed E-state index contributed by atoms with van der Waals surface area (Å²) in [4.78, 5) is 0.577. The van der Waals surface area contributed by atoms with Gasteiger partial charge in [0, 0.05) is 12.4 Å². The van der Waals surface area contributed by atoms with Crippen LogP contribution in [0.1, 0.15) is 0 Å². The maximum absolute atomic E-state index is 12.7. The summed E-state index contributed by atoms with van der Waals surface area (Å²) in [6, 6.07) is 18.3. The van der Waals surface area contributed by atoms with Crippen LogP contribution in [0, 0.1) is 0 Å². The third-order valence-corrected chi connectivity index (χ3v) is 6.83. The quantitative estimate of drug-likeness (QED) is 0.541. The number of ether oxygens (including phenoxy) is 1. The van der Waals surface area contributed by atoms with Gasteiger partial charge >= 0.3 is 0 Å². The first-order valence-electron chi connectivity index (χ1n) is 7.92. The van der Waals surface area contributed by atoms with E-state index in [1.807, 2.05) is 48.0 Å². The number of thiazole rings is 1. The van der Waals surface area contributed by atoms with E-state index in [1.165, 1.54) is 30.6 Å². The van der Waals surface area contributed by atoms with Crippen molar-refractivity contribution in [3.05, 3.63) is 65.5 Å². The van der Waals surface area contributed by atoms with E-state index in [9.17, 15) is 8.42 Å². The van der Waals surface area contributed by atoms with Gasteiger partial charge in [-0.25, -0.2) is 0 Å². The fraction of sp³-hybridized carbons (Fsp3) is 0.105. The molecule has 0 aliphatic heterocycles. The Morgan fingerprint density at radius 3 is 2.46 bits per heavy atom. The Morgan fingerprint density at radius 1 is 1.00 bits per heavy atom. The highest BCUT2D eigenvalue weighted by atomic mass is 32.2. The highest BCUT2D eigenvalue weighted by molar-refractivity contribution is 7.90. The fourth-order valence-corrected chi connectivity index (χ4v) is 5.23. The number of hydrogen-bond acceptors (Lipinski definition) is 4. The molecule has 5 nitrogen and oxygen atoms in total. The third-order valence-electron chi connectivity index (χ3n) is 4.26. The summed E-state index contributed by atoms with van der Waals surface area (Å²) in [6.07, 6.45) is 0. The maximum Gasteiger partial charge on any atom is 0.285 e. The Kier molecular flexibility index (Phi) is 4.05. The zero-order chi connectivity index (χ0) is 18.3. The van der Waals surface area contributed by atoms with Crippen molar-refractivity contribution in [1.82, 2.24) is 4.57 Å². The highest BCUT2D eigenvalue weighted by Gasteiger charge is 2.14. The molecule has 0 spiro atoms. The van der Waals surface area contributed by atoms with E-state index >= 15 is 0 Å². The van der Waals surface area contributed by atoms with E-state index in [-0.39, 0.29) is 4.90 Å². The molecule has 0 unspecified atom stereocenters. The fourth-order valence-electron chi connectivity index (χ4n) is 2.85. The van der Waals surface area contributed by atoms with E-state index in [2.05, 4.69) is 4.40 Å². The molecule has 4 rings (SSSR count). The lowest BCUT2D eigenvalue weighted by Gasteiger charge is -2.01. The van der Waals surface area contributed by atoms with Gasteiger partial charge in [-0.2, -0.15) is 8.42 Å². The summed E-state index contributed by atoms with van der Waals surface area (Å²) in [7, 11) is -0.436. The van der Waals surface area contributed by atoms with Gasteiger partial charge in [-0.3, -0.25) is 0 Å². The number of methoxy groups -OCH3 is 1. The van der Waals surface area contributed by atoms with Gasteiger partial charge in [-0.1, -0.05) is 41.7 Å². The lowest BCUT2D eigenvalue weighted by molar-refractivity contribution is 0.414. The molecule has 0 aliphatic rings. The van der Waals surface area contributed by atoms with Crippen LogP contribution in [-0.4, -0.2) is 20.1 Å². The van der Waals surface area contributed by atoms with Crippen molar-refractivity contribution in [3.63, 3.8) is 0 Å². The monoisotopic (exact) mass is 384 g/mol. The van der Waals surface area contributed by atoms with Crippen molar-refractivity contribution >= 4 is 42.3 Å². The molecule has 1 aromatic heterocycles. The van der Waals surface area contributed by atoms with Gasteiger partial charge in [0.1, 0.15) is 5.75 Å². The number of rotatable bonds is 3. The summed E-state index contributed by atoms with van der Waals surface area (Å²) in [5.41, 5.74) is 0.956. The van der Waals surface area contributed by atoms with Gasteiger partial charge in [-0.05, 0) is 35.7 Å². The van der Waals surface area contributed by atoms with E-state index in [4.69, 9.17) is 4.74 Å². The second-order valence-corrected chi connectivity index (χ2v) is 8.40. The van der Waals surface area contributed by atoms with Crippen LogP contribution in [0.4, 0.5) is 0 Å². The summed E-state index contributed by atoms with van der Waals surface area (Å²) in [6.45, 7) is 0. The molecule has 132 valence electrons. The smallest absolute Gasteiger partial charge is 0.285 e. The molecule has 1 heterocycles. The number of nitrogens with zero attached hydrogens (tertiary/aromatic N) is 2. The van der Waals surface area contributed by atoms with E-state index < -0.39 is 10.0 Å². The molecule has 4 aromatic rings. The molecule has 0 N–H and O–H groups in total. The minimum atomic E-state index is -3.80. The lowest BCUT2D eigenvalue weighted by Crippen LogP contribution is -2.13. The lowest BCUT2D eigenvalue weighted by atomic mass is 10.1. The van der Waals surface area contributed by atoms with Crippen LogP contribution in [0.25, 0.3) is 21.0 Å². The molecular formula is C19H16N2O3S2. The van der Waals surface area contributed by atoms with Gasteiger partial charge in [0.05, 0.1) is 22.2 Å². The summed E-state index contributed by atoms with van der Waals surface area (Å²) < 4.78 is 37.3. The average Bonchev–Trinajstić information content (AvgIpc) is 2.97. The molecule has 0 aliphatic carbocycles. The van der Waals surface area contributed by atoms with Crippen LogP contribution in [0.5, 0.6) is 5.75 Å². The van der Waals surface area contributed by atoms with Crippen molar-refractivity contribution in [3.8, 4) is 5.75 Å². The Labute approximate surface area is 154 Å². The topological polar surface area (TPSA) is 60.7 Å². The van der Waals surface area contributed by atoms with Crippen molar-refractivity contribution in [2.45, 2.75) is 4.90 Å². The second kappa shape index (κ2) is 6.26. The first kappa shape index (κ1) is 16.8. The van der Waals surface area contributed by atoms with Crippen LogP contribution in [-0.2, 0) is 17.1 Å². The first-order chi connectivity index (χ1) is 12.5. The average molecular weight is 384 g/mol. The number of aromatic nitrogens is 1. The minimum Gasteiger partial charge on any atom is -0.497 e. The van der Waals surface area contributed by atoms with Gasteiger partial charge in [-0.15, -0.1) is 4.40 Å². The molecule has 26 heavy (non-hydrogen) atoms. The minimum absolute atomic E-state index is 0.139. The van der Waals surface area contributed by atoms with Crippen molar-refractivity contribution < 1.29 is 13.2 Å². The molecule has 7 heteroatoms. The van der Waals surface area contributed by atoms with Gasteiger partial charge in [0.25, 0.3) is 10.0 Å². The molecular weight excluding hydrogens is 368 g/mol. The van der Waals surface area contributed by atoms with Crippen LogP contribution in [0.2, 0.25) is 0 Å². The van der Waals surface area contributed by atoms with Crippen molar-refractivity contribution in [2.24, 2.45) is 11.4 Å². The number of sulfonamides is 1. The van der Waals surface area contributed by atoms with Gasteiger partial charge in [0.2, 0.25) is 4.80 Å². The Morgan fingerprint density at radius 2 is 1.73 bits per heavy atom. The van der Waals surface area contributed by atoms with Crippen LogP contribution in [0.15, 0.2) is 70.0 Å². The zero-order valence-corrected chi connectivity index (χ0v) is 15.8. The number of aryl methyl sites for hydroxylation is 1. The van der Waals surface area contributed by atoms with E-state index in [1.54, 1.807) is 12.1 Å². The standard InChI is InChI=1S/C19H16N2O3S2/c1-21-17-12-7-13-5-3-4-6-16(13)18(17)25-19(21)20-26(22,23)15-10-8-14(24-2)9-11-15/h3-12H,1-2H3/b20-19+. The Bertz CT molecular complexity index is 1280. The normalized spacial score (nSPS) is 12.8. The SMILES string of the molecule is COc1ccc(S(=O)(=O)/N=c2/sc3c4ccccc4ccc3n2C)cc1. The molecule has 0 amide bonds. The second-order valence-electron chi connectivity index (χ2n) is 5.82. The van der Waals surface area contributed by atoms with Crippen LogP contribution < -0.4 is 9.54 Å². The maximum atomic E-state index is 12.7. The number of hydrogen-bond donors (Lipinski definition) is 0. The van der Waals surface area contributed by atoms with Gasteiger partial charge < -0.3 is 9.30 Å². The number of fused-ring (bicyclic) bond motifs is 3. The summed E-state index contributed by atoms with van der Waals surface area (Å²) >= 11 is 1.38. The largest absolute Gasteiger partial charge is 0.497 e. The number of benzene rings is 3. The Hall–Kier alpha value is -2.64. The predicted octanol–water partition coefficient (Wildman–Crippen LogP) is 3.69. The molecule has 0 bridgehead atoms. The molecule has 0 radical (unpaired) electrons. The van der Waals surface area contributed by atoms with E-state index in [0.29, 0.717) is 10.6 Å². The molecule has 0 fully saturated rings. The van der Waals surface area contributed by atoms with Crippen LogP contribution >= 0.6 is 11.3 Å². The molecule has 0 saturated heterocycles. The predicted molar refractivity (Wildman–Crippen MR) is 104 cm³/mol. The zero-order valence-electron chi connectivity index (χ0n) is 14.2. The third kappa shape index (κ3) is 2.79. The van der Waals surface area contributed by atoms with Gasteiger partial charge in [0.15, 0.2) is 0 Å². The molecule has 3 aromatic carbocycles. The van der Waals surface area contributed by atoms with Crippen molar-refractivity contribution in [2.75, 3.05) is 7.11 Å².